The second-order valence-corrected chi connectivity index (χ2v) is 9.24. The predicted molar refractivity (Wildman–Crippen MR) is 118 cm³/mol. The largest absolute Gasteiger partial charge is 0.444 e. The van der Waals surface area contributed by atoms with Gasteiger partial charge in [0.15, 0.2) is 0 Å². The Balaban J connectivity index is 1.51. The lowest BCUT2D eigenvalue weighted by Gasteiger charge is -2.27. The third kappa shape index (κ3) is 4.51. The Bertz CT molecular complexity index is 974. The molecule has 0 aliphatic carbocycles. The molecule has 1 aromatic heterocycles. The smallest absolute Gasteiger partial charge is 0.410 e. The lowest BCUT2D eigenvalue weighted by molar-refractivity contribution is 0.0224. The van der Waals surface area contributed by atoms with Gasteiger partial charge in [0, 0.05) is 17.5 Å². The third-order valence-corrected chi connectivity index (χ3v) is 5.92. The predicted octanol–water partition coefficient (Wildman–Crippen LogP) is 6.55. The molecule has 150 valence electrons. The van der Waals surface area contributed by atoms with Gasteiger partial charge >= 0.3 is 6.09 Å². The van der Waals surface area contributed by atoms with Gasteiger partial charge in [-0.25, -0.2) is 9.78 Å². The number of benzene rings is 2. The molecule has 1 fully saturated rings. The van der Waals surface area contributed by atoms with Crippen LogP contribution in [0.4, 0.5) is 4.79 Å². The maximum Gasteiger partial charge on any atom is 0.410 e. The molecule has 1 aliphatic heterocycles. The van der Waals surface area contributed by atoms with Gasteiger partial charge in [-0.3, -0.25) is 4.90 Å². The molecule has 1 saturated heterocycles. The van der Waals surface area contributed by atoms with Gasteiger partial charge in [0.1, 0.15) is 10.6 Å². The van der Waals surface area contributed by atoms with E-state index in [0.717, 1.165) is 35.7 Å². The molecular formula is C24H26N2O2S. The van der Waals surface area contributed by atoms with E-state index in [0.29, 0.717) is 0 Å². The highest BCUT2D eigenvalue weighted by Crippen LogP contribution is 2.36. The molecule has 3 aromatic rings. The molecule has 0 radical (unpaired) electrons. The molecule has 1 atom stereocenters. The van der Waals surface area contributed by atoms with E-state index in [4.69, 9.17) is 9.72 Å². The van der Waals surface area contributed by atoms with Crippen LogP contribution in [0.25, 0.3) is 22.4 Å². The number of thiazole rings is 1. The molecule has 0 saturated carbocycles. The zero-order valence-electron chi connectivity index (χ0n) is 17.1. The van der Waals surface area contributed by atoms with Gasteiger partial charge in [0.05, 0.1) is 11.7 Å². The van der Waals surface area contributed by atoms with E-state index in [2.05, 4.69) is 41.8 Å². The van der Waals surface area contributed by atoms with E-state index in [-0.39, 0.29) is 12.1 Å². The normalized spacial score (nSPS) is 16.8. The van der Waals surface area contributed by atoms with Crippen molar-refractivity contribution < 1.29 is 9.53 Å². The van der Waals surface area contributed by atoms with E-state index in [1.165, 1.54) is 11.1 Å². The number of likely N-dealkylation sites (tertiary alicyclic amines) is 1. The zero-order chi connectivity index (χ0) is 20.4. The summed E-state index contributed by atoms with van der Waals surface area (Å²) < 4.78 is 5.58. The summed E-state index contributed by atoms with van der Waals surface area (Å²) >= 11 is 1.62. The molecule has 1 amide bonds. The Labute approximate surface area is 176 Å². The van der Waals surface area contributed by atoms with Crippen molar-refractivity contribution in [3.8, 4) is 22.4 Å². The fourth-order valence-corrected chi connectivity index (χ4v) is 4.57. The number of ether oxygens (including phenoxy) is 1. The van der Waals surface area contributed by atoms with E-state index in [1.54, 1.807) is 11.3 Å². The van der Waals surface area contributed by atoms with Crippen molar-refractivity contribution in [3.05, 3.63) is 65.0 Å². The Kier molecular flexibility index (Phi) is 5.41. The van der Waals surface area contributed by atoms with Gasteiger partial charge in [-0.1, -0.05) is 54.6 Å². The van der Waals surface area contributed by atoms with Crippen LogP contribution in [-0.4, -0.2) is 28.1 Å². The summed E-state index contributed by atoms with van der Waals surface area (Å²) in [5.74, 6) is 0. The third-order valence-electron chi connectivity index (χ3n) is 4.98. The molecule has 0 bridgehead atoms. The SMILES string of the molecule is CC(C)(C)OC(=O)N1CCC[C@H]1c1nc(-c2ccc(-c3ccccc3)cc2)cs1. The number of amides is 1. The highest BCUT2D eigenvalue weighted by Gasteiger charge is 2.34. The Morgan fingerprint density at radius 2 is 1.69 bits per heavy atom. The average Bonchev–Trinajstić information content (AvgIpc) is 3.37. The van der Waals surface area contributed by atoms with Gasteiger partial charge in [-0.05, 0) is 44.7 Å². The first-order valence-electron chi connectivity index (χ1n) is 10.0. The van der Waals surface area contributed by atoms with Gasteiger partial charge in [0.2, 0.25) is 0 Å². The van der Waals surface area contributed by atoms with Crippen LogP contribution in [0.1, 0.15) is 44.7 Å². The van der Waals surface area contributed by atoms with Crippen molar-refractivity contribution in [3.63, 3.8) is 0 Å². The molecule has 2 aromatic carbocycles. The highest BCUT2D eigenvalue weighted by atomic mass is 32.1. The Hall–Kier alpha value is -2.66. The maximum atomic E-state index is 12.6. The summed E-state index contributed by atoms with van der Waals surface area (Å²) in [5, 5.41) is 3.06. The van der Waals surface area contributed by atoms with Crippen LogP contribution in [0.2, 0.25) is 0 Å². The molecule has 4 nitrogen and oxygen atoms in total. The lowest BCUT2D eigenvalue weighted by Crippen LogP contribution is -2.36. The fraction of sp³-hybridized carbons (Fsp3) is 0.333. The second kappa shape index (κ2) is 7.99. The van der Waals surface area contributed by atoms with Crippen LogP contribution in [0.15, 0.2) is 60.0 Å². The van der Waals surface area contributed by atoms with Crippen LogP contribution in [0.3, 0.4) is 0 Å². The Morgan fingerprint density at radius 3 is 2.38 bits per heavy atom. The molecule has 1 aliphatic rings. The number of nitrogens with zero attached hydrogens (tertiary/aromatic N) is 2. The minimum absolute atomic E-state index is 0.00666. The molecule has 0 unspecified atom stereocenters. The molecule has 4 rings (SSSR count). The van der Waals surface area contributed by atoms with Crippen LogP contribution in [-0.2, 0) is 4.74 Å². The van der Waals surface area contributed by atoms with Crippen molar-refractivity contribution >= 4 is 17.4 Å². The average molecular weight is 407 g/mol. The van der Waals surface area contributed by atoms with Crippen molar-refractivity contribution in [1.29, 1.82) is 0 Å². The van der Waals surface area contributed by atoms with Crippen molar-refractivity contribution in [2.45, 2.75) is 45.3 Å². The molecule has 2 heterocycles. The number of aromatic nitrogens is 1. The molecule has 29 heavy (non-hydrogen) atoms. The van der Waals surface area contributed by atoms with E-state index in [1.807, 2.05) is 43.9 Å². The summed E-state index contributed by atoms with van der Waals surface area (Å²) in [6.45, 7) is 6.42. The van der Waals surface area contributed by atoms with Crippen LogP contribution >= 0.6 is 11.3 Å². The summed E-state index contributed by atoms with van der Waals surface area (Å²) in [5.41, 5.74) is 3.96. The molecular weight excluding hydrogens is 380 g/mol. The zero-order valence-corrected chi connectivity index (χ0v) is 17.9. The first-order chi connectivity index (χ1) is 13.9. The highest BCUT2D eigenvalue weighted by molar-refractivity contribution is 7.10. The van der Waals surface area contributed by atoms with Crippen molar-refractivity contribution in [2.75, 3.05) is 6.54 Å². The van der Waals surface area contributed by atoms with Crippen LogP contribution in [0.5, 0.6) is 0 Å². The second-order valence-electron chi connectivity index (χ2n) is 8.35. The van der Waals surface area contributed by atoms with E-state index >= 15 is 0 Å². The quantitative estimate of drug-likeness (QED) is 0.495. The van der Waals surface area contributed by atoms with E-state index < -0.39 is 5.60 Å². The van der Waals surface area contributed by atoms with Gasteiger partial charge < -0.3 is 4.74 Å². The van der Waals surface area contributed by atoms with Crippen molar-refractivity contribution in [2.24, 2.45) is 0 Å². The summed E-state index contributed by atoms with van der Waals surface area (Å²) in [6.07, 6.45) is 1.66. The van der Waals surface area contributed by atoms with Crippen molar-refractivity contribution in [1.82, 2.24) is 9.88 Å². The number of carbonyl (C=O) groups is 1. The van der Waals surface area contributed by atoms with Crippen LogP contribution in [0, 0.1) is 0 Å². The number of hydrogen-bond donors (Lipinski definition) is 0. The summed E-state index contributed by atoms with van der Waals surface area (Å²) in [4.78, 5) is 19.3. The van der Waals surface area contributed by atoms with Gasteiger partial charge in [-0.2, -0.15) is 0 Å². The number of carbonyl (C=O) groups excluding carboxylic acids is 1. The number of hydrogen-bond acceptors (Lipinski definition) is 4. The first kappa shape index (κ1) is 19.6. The maximum absolute atomic E-state index is 12.6. The van der Waals surface area contributed by atoms with Gasteiger partial charge in [0.25, 0.3) is 0 Å². The lowest BCUT2D eigenvalue weighted by atomic mass is 10.0. The first-order valence-corrected chi connectivity index (χ1v) is 10.9. The Morgan fingerprint density at radius 1 is 1.03 bits per heavy atom. The topological polar surface area (TPSA) is 42.4 Å². The molecule has 0 spiro atoms. The minimum Gasteiger partial charge on any atom is -0.444 e. The molecule has 5 heteroatoms. The van der Waals surface area contributed by atoms with E-state index in [9.17, 15) is 4.79 Å². The fourth-order valence-electron chi connectivity index (χ4n) is 3.60. The molecule has 0 N–H and O–H groups in total. The number of rotatable bonds is 3. The minimum atomic E-state index is -0.487. The summed E-state index contributed by atoms with van der Waals surface area (Å²) in [6, 6.07) is 18.8. The van der Waals surface area contributed by atoms with Crippen LogP contribution < -0.4 is 0 Å². The van der Waals surface area contributed by atoms with Gasteiger partial charge in [-0.15, -0.1) is 11.3 Å². The standard InChI is InChI=1S/C24H26N2O2S/c1-24(2,3)28-23(27)26-15-7-10-21(26)22-25-20(16-29-22)19-13-11-18(12-14-19)17-8-5-4-6-9-17/h4-6,8-9,11-14,16,21H,7,10,15H2,1-3H3/t21-/m0/s1. The monoisotopic (exact) mass is 406 g/mol. The summed E-state index contributed by atoms with van der Waals surface area (Å²) in [7, 11) is 0.